The number of benzene rings is 2. The number of nitrogens with one attached hydrogen (secondary N) is 1. The van der Waals surface area contributed by atoms with E-state index in [1.165, 1.54) is 6.08 Å². The largest absolute Gasteiger partial charge is 0.493 e. The van der Waals surface area contributed by atoms with Gasteiger partial charge in [0.05, 0.1) is 18.7 Å². The zero-order valence-corrected chi connectivity index (χ0v) is 15.8. The van der Waals surface area contributed by atoms with Gasteiger partial charge in [-0.15, -0.1) is 0 Å². The van der Waals surface area contributed by atoms with Crippen molar-refractivity contribution in [3.8, 4) is 23.0 Å². The number of carbonyl (C=O) groups excluding carboxylic acids is 1. The Morgan fingerprint density at radius 2 is 2.04 bits per heavy atom. The third-order valence-corrected chi connectivity index (χ3v) is 4.06. The number of amides is 1. The van der Waals surface area contributed by atoms with Crippen molar-refractivity contribution in [3.05, 3.63) is 47.0 Å². The van der Waals surface area contributed by atoms with E-state index in [4.69, 9.17) is 30.5 Å². The SMILES string of the molecule is CCOc1ccc(NC(=O)/C=C/c2cc(Cl)c3c(c2)OCCO3)cc1OC. The first-order chi connectivity index (χ1) is 13.1. The Morgan fingerprint density at radius 3 is 2.81 bits per heavy atom. The molecule has 0 saturated heterocycles. The molecule has 3 rings (SSSR count). The molecule has 2 aromatic carbocycles. The Kier molecular flexibility index (Phi) is 6.08. The molecule has 0 atom stereocenters. The van der Waals surface area contributed by atoms with Gasteiger partial charge in [-0.2, -0.15) is 0 Å². The number of methoxy groups -OCH3 is 1. The van der Waals surface area contributed by atoms with Gasteiger partial charge in [0.1, 0.15) is 13.2 Å². The molecular weight excluding hydrogens is 370 g/mol. The van der Waals surface area contributed by atoms with E-state index in [1.807, 2.05) is 6.92 Å². The van der Waals surface area contributed by atoms with Crippen LogP contribution in [0.25, 0.3) is 6.08 Å². The van der Waals surface area contributed by atoms with Crippen molar-refractivity contribution >= 4 is 29.3 Å². The third-order valence-electron chi connectivity index (χ3n) is 3.78. The van der Waals surface area contributed by atoms with E-state index in [0.717, 1.165) is 5.56 Å². The number of halogens is 1. The van der Waals surface area contributed by atoms with Crippen LogP contribution in [0.5, 0.6) is 23.0 Å². The molecule has 0 fully saturated rings. The van der Waals surface area contributed by atoms with Gasteiger partial charge in [0.25, 0.3) is 0 Å². The van der Waals surface area contributed by atoms with Crippen LogP contribution < -0.4 is 24.3 Å². The minimum Gasteiger partial charge on any atom is -0.493 e. The predicted octanol–water partition coefficient (Wildman–Crippen LogP) is 4.17. The van der Waals surface area contributed by atoms with Gasteiger partial charge in [-0.1, -0.05) is 11.6 Å². The van der Waals surface area contributed by atoms with Gasteiger partial charge in [-0.3, -0.25) is 4.79 Å². The summed E-state index contributed by atoms with van der Waals surface area (Å²) < 4.78 is 21.8. The molecule has 0 radical (unpaired) electrons. The van der Waals surface area contributed by atoms with Crippen molar-refractivity contribution in [3.63, 3.8) is 0 Å². The summed E-state index contributed by atoms with van der Waals surface area (Å²) in [6.07, 6.45) is 3.08. The molecule has 1 aliphatic rings. The first kappa shape index (κ1) is 18.9. The van der Waals surface area contributed by atoms with Crippen LogP contribution in [0.1, 0.15) is 12.5 Å². The van der Waals surface area contributed by atoms with Crippen LogP contribution in [0.2, 0.25) is 5.02 Å². The molecule has 0 aliphatic carbocycles. The second-order valence-corrected chi connectivity index (χ2v) is 6.06. The number of anilines is 1. The van der Waals surface area contributed by atoms with Gasteiger partial charge in [-0.25, -0.2) is 0 Å². The lowest BCUT2D eigenvalue weighted by atomic mass is 10.1. The molecular formula is C20H20ClNO5. The van der Waals surface area contributed by atoms with E-state index in [9.17, 15) is 4.79 Å². The van der Waals surface area contributed by atoms with Gasteiger partial charge in [0, 0.05) is 17.8 Å². The van der Waals surface area contributed by atoms with Crippen LogP contribution in [0.3, 0.4) is 0 Å². The molecule has 1 N–H and O–H groups in total. The van der Waals surface area contributed by atoms with Crippen molar-refractivity contribution in [1.82, 2.24) is 0 Å². The molecule has 1 aliphatic heterocycles. The lowest BCUT2D eigenvalue weighted by molar-refractivity contribution is -0.111. The van der Waals surface area contributed by atoms with Gasteiger partial charge in [0.15, 0.2) is 23.0 Å². The first-order valence-electron chi connectivity index (χ1n) is 8.49. The minimum absolute atomic E-state index is 0.285. The maximum absolute atomic E-state index is 12.2. The molecule has 7 heteroatoms. The van der Waals surface area contributed by atoms with Crippen molar-refractivity contribution in [2.24, 2.45) is 0 Å². The molecule has 142 valence electrons. The number of hydrogen-bond donors (Lipinski definition) is 1. The maximum Gasteiger partial charge on any atom is 0.248 e. The fourth-order valence-corrected chi connectivity index (χ4v) is 2.88. The van der Waals surface area contributed by atoms with E-state index < -0.39 is 0 Å². The molecule has 0 aromatic heterocycles. The first-order valence-corrected chi connectivity index (χ1v) is 8.87. The lowest BCUT2D eigenvalue weighted by Gasteiger charge is -2.19. The minimum atomic E-state index is -0.285. The average Bonchev–Trinajstić information content (AvgIpc) is 2.68. The Hall–Kier alpha value is -2.86. The van der Waals surface area contributed by atoms with Gasteiger partial charge in [0.2, 0.25) is 5.91 Å². The van der Waals surface area contributed by atoms with Crippen LogP contribution in [0.15, 0.2) is 36.4 Å². The quantitative estimate of drug-likeness (QED) is 0.751. The smallest absolute Gasteiger partial charge is 0.248 e. The number of carbonyl (C=O) groups is 1. The summed E-state index contributed by atoms with van der Waals surface area (Å²) in [5.41, 5.74) is 1.34. The highest BCUT2D eigenvalue weighted by Gasteiger charge is 2.16. The second-order valence-electron chi connectivity index (χ2n) is 5.65. The Bertz CT molecular complexity index is 866. The van der Waals surface area contributed by atoms with Crippen LogP contribution in [0.4, 0.5) is 5.69 Å². The van der Waals surface area contributed by atoms with E-state index in [0.29, 0.717) is 53.5 Å². The van der Waals surface area contributed by atoms with Gasteiger partial charge < -0.3 is 24.3 Å². The highest BCUT2D eigenvalue weighted by atomic mass is 35.5. The van der Waals surface area contributed by atoms with Crippen LogP contribution in [-0.2, 0) is 4.79 Å². The number of ether oxygens (including phenoxy) is 4. The van der Waals surface area contributed by atoms with E-state index in [2.05, 4.69) is 5.32 Å². The standard InChI is InChI=1S/C20H20ClNO5/c1-3-25-16-6-5-14(12-17(16)24-2)22-19(23)7-4-13-10-15(21)20-18(11-13)26-8-9-27-20/h4-7,10-12H,3,8-9H2,1-2H3,(H,22,23)/b7-4+. The molecule has 6 nitrogen and oxygen atoms in total. The Labute approximate surface area is 162 Å². The zero-order valence-electron chi connectivity index (χ0n) is 15.1. The maximum atomic E-state index is 12.2. The summed E-state index contributed by atoms with van der Waals surface area (Å²) in [5, 5.41) is 3.23. The molecule has 2 aromatic rings. The predicted molar refractivity (Wildman–Crippen MR) is 104 cm³/mol. The summed E-state index contributed by atoms with van der Waals surface area (Å²) in [4.78, 5) is 12.2. The van der Waals surface area contributed by atoms with Crippen molar-refractivity contribution < 1.29 is 23.7 Å². The molecule has 1 amide bonds. The third kappa shape index (κ3) is 4.65. The molecule has 0 bridgehead atoms. The van der Waals surface area contributed by atoms with Crippen molar-refractivity contribution in [2.45, 2.75) is 6.92 Å². The highest BCUT2D eigenvalue weighted by molar-refractivity contribution is 6.32. The van der Waals surface area contributed by atoms with Crippen molar-refractivity contribution in [2.75, 3.05) is 32.2 Å². The number of hydrogen-bond acceptors (Lipinski definition) is 5. The van der Waals surface area contributed by atoms with Gasteiger partial charge in [-0.05, 0) is 42.8 Å². The van der Waals surface area contributed by atoms with Crippen LogP contribution >= 0.6 is 11.6 Å². The van der Waals surface area contributed by atoms with E-state index in [-0.39, 0.29) is 5.91 Å². The second kappa shape index (κ2) is 8.68. The van der Waals surface area contributed by atoms with Gasteiger partial charge >= 0.3 is 0 Å². The summed E-state index contributed by atoms with van der Waals surface area (Å²) >= 11 is 6.20. The van der Waals surface area contributed by atoms with Crippen LogP contribution in [0, 0.1) is 0 Å². The van der Waals surface area contributed by atoms with Crippen molar-refractivity contribution in [1.29, 1.82) is 0 Å². The molecule has 27 heavy (non-hydrogen) atoms. The lowest BCUT2D eigenvalue weighted by Crippen LogP contribution is -2.15. The van der Waals surface area contributed by atoms with Crippen LogP contribution in [-0.4, -0.2) is 32.8 Å². The molecule has 0 spiro atoms. The Balaban J connectivity index is 1.70. The normalized spacial score (nSPS) is 12.7. The molecule has 1 heterocycles. The summed E-state index contributed by atoms with van der Waals surface area (Å²) in [6, 6.07) is 8.71. The fourth-order valence-electron chi connectivity index (χ4n) is 2.60. The zero-order chi connectivity index (χ0) is 19.2. The fraction of sp³-hybridized carbons (Fsp3) is 0.250. The average molecular weight is 390 g/mol. The number of rotatable bonds is 6. The monoisotopic (exact) mass is 389 g/mol. The molecule has 0 unspecified atom stereocenters. The van der Waals surface area contributed by atoms with E-state index in [1.54, 1.807) is 43.5 Å². The van der Waals surface area contributed by atoms with E-state index >= 15 is 0 Å². The summed E-state index contributed by atoms with van der Waals surface area (Å²) in [5.74, 6) is 2.00. The molecule has 0 saturated carbocycles. The Morgan fingerprint density at radius 1 is 1.22 bits per heavy atom. The number of fused-ring (bicyclic) bond motifs is 1. The highest BCUT2D eigenvalue weighted by Crippen LogP contribution is 2.38. The topological polar surface area (TPSA) is 66.0 Å². The summed E-state index contributed by atoms with van der Waals surface area (Å²) in [7, 11) is 1.55. The summed E-state index contributed by atoms with van der Waals surface area (Å²) in [6.45, 7) is 3.36.